The van der Waals surface area contributed by atoms with E-state index in [1.165, 1.54) is 0 Å². The first-order valence-corrected chi connectivity index (χ1v) is 5.77. The first-order valence-electron chi connectivity index (χ1n) is 5.77. The van der Waals surface area contributed by atoms with E-state index < -0.39 is 5.97 Å². The first-order chi connectivity index (χ1) is 8.20. The summed E-state index contributed by atoms with van der Waals surface area (Å²) in [7, 11) is 0. The lowest BCUT2D eigenvalue weighted by molar-refractivity contribution is -0.137. The summed E-state index contributed by atoms with van der Waals surface area (Å²) in [6.45, 7) is 0. The van der Waals surface area contributed by atoms with Gasteiger partial charge in [0.1, 0.15) is 0 Å². The molecule has 1 fully saturated rings. The average molecular weight is 227 g/mol. The number of carboxylic acid groups (broad SMARTS) is 1. The van der Waals surface area contributed by atoms with Gasteiger partial charge < -0.3 is 5.11 Å². The quantitative estimate of drug-likeness (QED) is 0.877. The molecule has 0 unspecified atom stereocenters. The van der Waals surface area contributed by atoms with Gasteiger partial charge in [0.05, 0.1) is 11.9 Å². The third-order valence-corrected chi connectivity index (χ3v) is 3.56. The van der Waals surface area contributed by atoms with Crippen molar-refractivity contribution in [1.82, 2.24) is 4.98 Å². The van der Waals surface area contributed by atoms with Crippen molar-refractivity contribution in [2.45, 2.75) is 24.7 Å². The Labute approximate surface area is 99.1 Å². The first kappa shape index (κ1) is 10.3. The molecule has 1 aromatic carbocycles. The standard InChI is InChI=1S/C14H13NO2/c16-13(17)9-14(5-6-14)11-4-3-10-2-1-7-15-12(10)8-11/h1-4,7-8H,5-6,9H2,(H,16,17). The van der Waals surface area contributed by atoms with Crippen LogP contribution in [0.4, 0.5) is 0 Å². The minimum absolute atomic E-state index is 0.127. The zero-order valence-electron chi connectivity index (χ0n) is 9.39. The highest BCUT2D eigenvalue weighted by Crippen LogP contribution is 2.51. The van der Waals surface area contributed by atoms with E-state index in [2.05, 4.69) is 4.98 Å². The van der Waals surface area contributed by atoms with Crippen LogP contribution in [-0.2, 0) is 10.2 Å². The molecule has 1 N–H and O–H groups in total. The highest BCUT2D eigenvalue weighted by Gasteiger charge is 2.45. The minimum Gasteiger partial charge on any atom is -0.481 e. The molecule has 3 rings (SSSR count). The van der Waals surface area contributed by atoms with Gasteiger partial charge >= 0.3 is 5.97 Å². The van der Waals surface area contributed by atoms with Crippen LogP contribution < -0.4 is 0 Å². The lowest BCUT2D eigenvalue weighted by Gasteiger charge is -2.13. The predicted octanol–water partition coefficient (Wildman–Crippen LogP) is 2.74. The summed E-state index contributed by atoms with van der Waals surface area (Å²) in [6, 6.07) is 10.0. The van der Waals surface area contributed by atoms with Gasteiger partial charge in [0.15, 0.2) is 0 Å². The van der Waals surface area contributed by atoms with Crippen LogP contribution in [0.2, 0.25) is 0 Å². The number of aromatic nitrogens is 1. The molecule has 1 heterocycles. The summed E-state index contributed by atoms with van der Waals surface area (Å²) in [4.78, 5) is 15.2. The number of aliphatic carboxylic acids is 1. The van der Waals surface area contributed by atoms with E-state index in [4.69, 9.17) is 5.11 Å². The van der Waals surface area contributed by atoms with Gasteiger partial charge in [-0.3, -0.25) is 9.78 Å². The molecular formula is C14H13NO2. The maximum Gasteiger partial charge on any atom is 0.304 e. The van der Waals surface area contributed by atoms with Gasteiger partial charge in [-0.05, 0) is 30.5 Å². The fourth-order valence-corrected chi connectivity index (χ4v) is 2.40. The Morgan fingerprint density at radius 1 is 1.35 bits per heavy atom. The van der Waals surface area contributed by atoms with Gasteiger partial charge in [-0.1, -0.05) is 18.2 Å². The normalized spacial score (nSPS) is 16.9. The summed E-state index contributed by atoms with van der Waals surface area (Å²) in [5.74, 6) is -0.719. The van der Waals surface area contributed by atoms with E-state index in [0.717, 1.165) is 29.3 Å². The van der Waals surface area contributed by atoms with Crippen LogP contribution in [0, 0.1) is 0 Å². The maximum absolute atomic E-state index is 10.9. The van der Waals surface area contributed by atoms with E-state index in [1.807, 2.05) is 30.3 Å². The van der Waals surface area contributed by atoms with Crippen LogP contribution in [0.3, 0.4) is 0 Å². The van der Waals surface area contributed by atoms with Gasteiger partial charge in [0.25, 0.3) is 0 Å². The molecule has 1 aromatic heterocycles. The second-order valence-corrected chi connectivity index (χ2v) is 4.76. The smallest absolute Gasteiger partial charge is 0.304 e. The Bertz CT molecular complexity index is 588. The summed E-state index contributed by atoms with van der Waals surface area (Å²) in [5, 5.41) is 10.0. The highest BCUT2D eigenvalue weighted by molar-refractivity contribution is 5.80. The number of hydrogen-bond acceptors (Lipinski definition) is 2. The van der Waals surface area contributed by atoms with Crippen molar-refractivity contribution in [2.24, 2.45) is 0 Å². The Balaban J connectivity index is 2.03. The number of carbonyl (C=O) groups is 1. The molecule has 0 radical (unpaired) electrons. The van der Waals surface area contributed by atoms with Gasteiger partial charge in [-0.15, -0.1) is 0 Å². The van der Waals surface area contributed by atoms with Gasteiger partial charge in [-0.25, -0.2) is 0 Å². The van der Waals surface area contributed by atoms with Crippen molar-refractivity contribution in [3.8, 4) is 0 Å². The van der Waals surface area contributed by atoms with Gasteiger partial charge in [0.2, 0.25) is 0 Å². The van der Waals surface area contributed by atoms with Crippen LogP contribution in [-0.4, -0.2) is 16.1 Å². The van der Waals surface area contributed by atoms with Gasteiger partial charge in [0, 0.05) is 17.0 Å². The molecule has 0 aliphatic heterocycles. The van der Waals surface area contributed by atoms with Crippen LogP contribution in [0.5, 0.6) is 0 Å². The number of benzene rings is 1. The molecule has 0 saturated heterocycles. The van der Waals surface area contributed by atoms with Crippen LogP contribution in [0.15, 0.2) is 36.5 Å². The molecule has 0 amide bonds. The van der Waals surface area contributed by atoms with Crippen molar-refractivity contribution in [3.05, 3.63) is 42.1 Å². The van der Waals surface area contributed by atoms with Gasteiger partial charge in [-0.2, -0.15) is 0 Å². The molecule has 1 aliphatic rings. The number of fused-ring (bicyclic) bond motifs is 1. The van der Waals surface area contributed by atoms with E-state index >= 15 is 0 Å². The number of nitrogens with zero attached hydrogens (tertiary/aromatic N) is 1. The maximum atomic E-state index is 10.9. The topological polar surface area (TPSA) is 50.2 Å². The SMILES string of the molecule is O=C(O)CC1(c2ccc3cccnc3c2)CC1. The van der Waals surface area contributed by atoms with E-state index in [0.29, 0.717) is 0 Å². The summed E-state index contributed by atoms with van der Waals surface area (Å²) >= 11 is 0. The molecule has 0 atom stereocenters. The van der Waals surface area contributed by atoms with Crippen molar-refractivity contribution >= 4 is 16.9 Å². The van der Waals surface area contributed by atoms with Crippen molar-refractivity contribution in [3.63, 3.8) is 0 Å². The summed E-state index contributed by atoms with van der Waals surface area (Å²) in [5.41, 5.74) is 1.94. The third kappa shape index (κ3) is 1.78. The van der Waals surface area contributed by atoms with Crippen molar-refractivity contribution in [2.75, 3.05) is 0 Å². The molecule has 1 saturated carbocycles. The Morgan fingerprint density at radius 2 is 2.18 bits per heavy atom. The second-order valence-electron chi connectivity index (χ2n) is 4.76. The molecule has 86 valence electrons. The van der Waals surface area contributed by atoms with E-state index in [9.17, 15) is 4.79 Å². The number of pyridine rings is 1. The van der Waals surface area contributed by atoms with E-state index in [1.54, 1.807) is 6.20 Å². The lowest BCUT2D eigenvalue weighted by Crippen LogP contribution is -2.12. The van der Waals surface area contributed by atoms with Crippen LogP contribution >= 0.6 is 0 Å². The fraction of sp³-hybridized carbons (Fsp3) is 0.286. The highest BCUT2D eigenvalue weighted by atomic mass is 16.4. The average Bonchev–Trinajstić information content (AvgIpc) is 3.08. The second kappa shape index (κ2) is 3.55. The molecule has 0 spiro atoms. The summed E-state index contributed by atoms with van der Waals surface area (Å²) < 4.78 is 0. The molecule has 2 aromatic rings. The molecule has 17 heavy (non-hydrogen) atoms. The fourth-order valence-electron chi connectivity index (χ4n) is 2.40. The molecule has 3 heteroatoms. The molecule has 0 bridgehead atoms. The van der Waals surface area contributed by atoms with E-state index in [-0.39, 0.29) is 11.8 Å². The van der Waals surface area contributed by atoms with Crippen molar-refractivity contribution in [1.29, 1.82) is 0 Å². The molecule has 1 aliphatic carbocycles. The number of carboxylic acids is 1. The summed E-state index contributed by atoms with van der Waals surface area (Å²) in [6.07, 6.45) is 3.93. The Hall–Kier alpha value is -1.90. The Morgan fingerprint density at radius 3 is 2.88 bits per heavy atom. The zero-order valence-corrected chi connectivity index (χ0v) is 9.39. The number of rotatable bonds is 3. The predicted molar refractivity (Wildman–Crippen MR) is 64.9 cm³/mol. The third-order valence-electron chi connectivity index (χ3n) is 3.56. The molecule has 3 nitrogen and oxygen atoms in total. The largest absolute Gasteiger partial charge is 0.481 e. The van der Waals surface area contributed by atoms with Crippen molar-refractivity contribution < 1.29 is 9.90 Å². The monoisotopic (exact) mass is 227 g/mol. The zero-order chi connectivity index (χ0) is 11.9. The number of hydrogen-bond donors (Lipinski definition) is 1. The Kier molecular flexibility index (Phi) is 2.15. The lowest BCUT2D eigenvalue weighted by atomic mass is 9.91. The minimum atomic E-state index is -0.719. The molecular weight excluding hydrogens is 214 g/mol. The van der Waals surface area contributed by atoms with Crippen LogP contribution in [0.25, 0.3) is 10.9 Å². The van der Waals surface area contributed by atoms with Crippen LogP contribution in [0.1, 0.15) is 24.8 Å².